The molecule has 1 aliphatic heterocycles. The van der Waals surface area contributed by atoms with E-state index in [1.165, 1.54) is 29.9 Å². The number of urea groups is 1. The number of amides is 4. The largest absolute Gasteiger partial charge is 0.501 e. The molecule has 12 nitrogen and oxygen atoms in total. The van der Waals surface area contributed by atoms with Gasteiger partial charge in [-0.3, -0.25) is 4.79 Å². The molecule has 2 aliphatic carbocycles. The molecule has 3 aliphatic rings. The summed E-state index contributed by atoms with van der Waals surface area (Å²) in [4.78, 5) is 41.3. The lowest BCUT2D eigenvalue weighted by molar-refractivity contribution is -0.406. The quantitative estimate of drug-likeness (QED) is 0.550. The summed E-state index contributed by atoms with van der Waals surface area (Å²) in [6, 6.07) is -0.648. The molecule has 3 N–H and O–H groups in total. The SMILES string of the molecule is C[N+]1=C2C=CC(S(=O)(=O)NC3(C)CC3)=CC2C(=O)N(Cc2noc(C(N)=O)n2)C1=O. The molecule has 13 heteroatoms. The fourth-order valence-electron chi connectivity index (χ4n) is 3.21. The van der Waals surface area contributed by atoms with Crippen LogP contribution < -0.4 is 10.5 Å². The molecule has 0 bridgehead atoms. The number of aromatic nitrogens is 2. The highest BCUT2D eigenvalue weighted by atomic mass is 32.2. The topological polar surface area (TPSA) is 169 Å². The number of allylic oxidation sites excluding steroid dienone is 2. The lowest BCUT2D eigenvalue weighted by atomic mass is 9.94. The Morgan fingerprint density at radius 3 is 2.70 bits per heavy atom. The summed E-state index contributed by atoms with van der Waals surface area (Å²) in [6.07, 6.45) is 5.61. The van der Waals surface area contributed by atoms with Crippen LogP contribution >= 0.6 is 0 Å². The van der Waals surface area contributed by atoms with E-state index in [0.717, 1.165) is 17.7 Å². The number of sulfonamides is 1. The van der Waals surface area contributed by atoms with E-state index in [-0.39, 0.29) is 17.3 Å². The van der Waals surface area contributed by atoms with Crippen LogP contribution in [0, 0.1) is 5.92 Å². The molecular weight excluding hydrogens is 416 g/mol. The number of nitrogens with two attached hydrogens (primary N) is 1. The first-order chi connectivity index (χ1) is 14.0. The number of carbonyl (C=O) groups is 3. The zero-order valence-electron chi connectivity index (χ0n) is 16.2. The van der Waals surface area contributed by atoms with Crippen LogP contribution in [0.15, 0.2) is 27.7 Å². The predicted octanol–water partition coefficient (Wildman–Crippen LogP) is -0.744. The van der Waals surface area contributed by atoms with Crippen LogP contribution in [-0.4, -0.2) is 64.2 Å². The molecule has 0 radical (unpaired) electrons. The van der Waals surface area contributed by atoms with E-state index in [9.17, 15) is 22.8 Å². The van der Waals surface area contributed by atoms with Gasteiger partial charge in [-0.05, 0) is 38.0 Å². The molecule has 1 unspecified atom stereocenters. The van der Waals surface area contributed by atoms with Crippen molar-refractivity contribution in [3.05, 3.63) is 34.8 Å². The second kappa shape index (κ2) is 6.67. The first kappa shape index (κ1) is 20.1. The first-order valence-electron chi connectivity index (χ1n) is 9.03. The van der Waals surface area contributed by atoms with Crippen molar-refractivity contribution in [1.82, 2.24) is 19.8 Å². The summed E-state index contributed by atoms with van der Waals surface area (Å²) >= 11 is 0. The molecule has 1 saturated carbocycles. The van der Waals surface area contributed by atoms with Crippen LogP contribution in [0.1, 0.15) is 36.3 Å². The third-order valence-corrected chi connectivity index (χ3v) is 6.83. The molecular formula is C17H19N6O6S+. The van der Waals surface area contributed by atoms with Crippen molar-refractivity contribution >= 4 is 33.6 Å². The number of imide groups is 1. The van der Waals surface area contributed by atoms with Crippen LogP contribution in [0.25, 0.3) is 0 Å². The molecule has 158 valence electrons. The molecule has 30 heavy (non-hydrogen) atoms. The van der Waals surface area contributed by atoms with Crippen molar-refractivity contribution in [3.8, 4) is 0 Å². The summed E-state index contributed by atoms with van der Waals surface area (Å²) in [5, 5.41) is 3.54. The Balaban J connectivity index is 1.64. The van der Waals surface area contributed by atoms with Gasteiger partial charge in [0, 0.05) is 5.54 Å². The number of carbonyl (C=O) groups excluding carboxylic acids is 3. The predicted molar refractivity (Wildman–Crippen MR) is 100 cm³/mol. The van der Waals surface area contributed by atoms with Gasteiger partial charge in [-0.15, -0.1) is 0 Å². The molecule has 1 aromatic rings. The van der Waals surface area contributed by atoms with Crippen molar-refractivity contribution in [1.29, 1.82) is 0 Å². The minimum absolute atomic E-state index is 0.0454. The lowest BCUT2D eigenvalue weighted by Gasteiger charge is -2.26. The smallest absolute Gasteiger partial charge is 0.361 e. The second-order valence-electron chi connectivity index (χ2n) is 7.62. The Labute approximate surface area is 171 Å². The van der Waals surface area contributed by atoms with E-state index >= 15 is 0 Å². The van der Waals surface area contributed by atoms with Gasteiger partial charge >= 0.3 is 23.7 Å². The zero-order valence-corrected chi connectivity index (χ0v) is 17.0. The Morgan fingerprint density at radius 1 is 1.40 bits per heavy atom. The molecule has 4 rings (SSSR count). The van der Waals surface area contributed by atoms with Crippen LogP contribution in [0.5, 0.6) is 0 Å². The Bertz CT molecular complexity index is 1170. The molecule has 0 spiro atoms. The molecule has 1 aromatic heterocycles. The number of hydrogen-bond donors (Lipinski definition) is 2. The van der Waals surface area contributed by atoms with Gasteiger partial charge in [0.1, 0.15) is 11.6 Å². The standard InChI is InChI=1S/C17H18N6O6S/c1-17(5-6-17)21-30(27,28)9-3-4-11-10(7-9)15(25)23(16(26)22(11)2)8-12-19-14(13(18)24)29-20-12/h3-4,7,10,21H,5-6,8H2,1-2H3,(H-,18,24)/p+1. The molecule has 0 saturated heterocycles. The molecule has 2 heterocycles. The average Bonchev–Trinajstić information content (AvgIpc) is 3.21. The monoisotopic (exact) mass is 435 g/mol. The number of fused-ring (bicyclic) bond motifs is 1. The van der Waals surface area contributed by atoms with Gasteiger partial charge in [0.15, 0.2) is 6.54 Å². The number of primary amides is 1. The van der Waals surface area contributed by atoms with E-state index in [1.54, 1.807) is 6.92 Å². The van der Waals surface area contributed by atoms with Gasteiger partial charge in [-0.2, -0.15) is 19.3 Å². The molecule has 4 amide bonds. The number of nitrogens with zero attached hydrogens (tertiary/aromatic N) is 4. The maximum atomic E-state index is 13.0. The fourth-order valence-corrected chi connectivity index (χ4v) is 4.74. The normalized spacial score (nSPS) is 22.8. The third-order valence-electron chi connectivity index (χ3n) is 5.17. The molecule has 0 aromatic carbocycles. The minimum atomic E-state index is -3.82. The van der Waals surface area contributed by atoms with Gasteiger partial charge in [-0.25, -0.2) is 17.9 Å². The lowest BCUT2D eigenvalue weighted by Crippen LogP contribution is -2.53. The maximum Gasteiger partial charge on any atom is 0.501 e. The Morgan fingerprint density at radius 2 is 2.10 bits per heavy atom. The third kappa shape index (κ3) is 3.45. The van der Waals surface area contributed by atoms with Gasteiger partial charge in [0.2, 0.25) is 15.8 Å². The Hall–Kier alpha value is -3.19. The summed E-state index contributed by atoms with van der Waals surface area (Å²) in [6.45, 7) is 1.44. The van der Waals surface area contributed by atoms with Crippen LogP contribution in [0.2, 0.25) is 0 Å². The minimum Gasteiger partial charge on any atom is -0.361 e. The van der Waals surface area contributed by atoms with Crippen molar-refractivity contribution < 1.29 is 31.9 Å². The van der Waals surface area contributed by atoms with E-state index < -0.39 is 45.2 Å². The van der Waals surface area contributed by atoms with E-state index in [4.69, 9.17) is 5.73 Å². The van der Waals surface area contributed by atoms with Crippen LogP contribution in [0.3, 0.4) is 0 Å². The van der Waals surface area contributed by atoms with E-state index in [0.29, 0.717) is 5.71 Å². The van der Waals surface area contributed by atoms with Crippen molar-refractivity contribution in [2.75, 3.05) is 7.05 Å². The Kier molecular flexibility index (Phi) is 4.47. The van der Waals surface area contributed by atoms with Crippen molar-refractivity contribution in [2.24, 2.45) is 11.7 Å². The fraction of sp³-hybridized carbons (Fsp3) is 0.412. The van der Waals surface area contributed by atoms with Gasteiger partial charge in [0.05, 0.1) is 12.0 Å². The van der Waals surface area contributed by atoms with E-state index in [1.807, 2.05) is 0 Å². The summed E-state index contributed by atoms with van der Waals surface area (Å²) in [7, 11) is -2.35. The number of nitrogens with one attached hydrogen (secondary N) is 1. The van der Waals surface area contributed by atoms with Gasteiger partial charge in [0.25, 0.3) is 0 Å². The van der Waals surface area contributed by atoms with Crippen LogP contribution in [-0.2, 0) is 21.4 Å². The van der Waals surface area contributed by atoms with Gasteiger partial charge in [-0.1, -0.05) is 5.16 Å². The van der Waals surface area contributed by atoms with Crippen molar-refractivity contribution in [2.45, 2.75) is 31.8 Å². The highest BCUT2D eigenvalue weighted by Crippen LogP contribution is 2.36. The van der Waals surface area contributed by atoms with E-state index in [2.05, 4.69) is 19.4 Å². The van der Waals surface area contributed by atoms with Crippen LogP contribution in [0.4, 0.5) is 4.79 Å². The first-order valence-corrected chi connectivity index (χ1v) is 10.5. The number of rotatable bonds is 6. The van der Waals surface area contributed by atoms with Gasteiger partial charge < -0.3 is 10.3 Å². The second-order valence-corrected chi connectivity index (χ2v) is 9.30. The summed E-state index contributed by atoms with van der Waals surface area (Å²) < 4.78 is 33.9. The summed E-state index contributed by atoms with van der Waals surface area (Å²) in [5.41, 5.74) is 4.94. The summed E-state index contributed by atoms with van der Waals surface area (Å²) in [5.74, 6) is -3.11. The molecule has 1 atom stereocenters. The maximum absolute atomic E-state index is 13.0. The highest BCUT2D eigenvalue weighted by Gasteiger charge is 2.48. The highest BCUT2D eigenvalue weighted by molar-refractivity contribution is 7.93. The molecule has 1 fully saturated rings. The average molecular weight is 435 g/mol. The zero-order chi connectivity index (χ0) is 21.8. The number of hydrogen-bond acceptors (Lipinski definition) is 8. The van der Waals surface area contributed by atoms with Crippen molar-refractivity contribution in [3.63, 3.8) is 0 Å².